The van der Waals surface area contributed by atoms with Gasteiger partial charge in [0.2, 0.25) is 5.82 Å². The predicted octanol–water partition coefficient (Wildman–Crippen LogP) is 2.51. The second-order valence-electron chi connectivity index (χ2n) is 7.12. The minimum atomic E-state index is -0.456. The summed E-state index contributed by atoms with van der Waals surface area (Å²) in [5, 5.41) is 18.4. The van der Waals surface area contributed by atoms with Crippen LogP contribution in [0, 0.1) is 17.0 Å². The van der Waals surface area contributed by atoms with Crippen LogP contribution < -0.4 is 10.1 Å². The Morgan fingerprint density at radius 2 is 2.13 bits per heavy atom. The fraction of sp³-hybridized carbons (Fsp3) is 0.286. The molecule has 2 heterocycles. The van der Waals surface area contributed by atoms with E-state index in [4.69, 9.17) is 9.26 Å². The zero-order valence-corrected chi connectivity index (χ0v) is 16.9. The van der Waals surface area contributed by atoms with Gasteiger partial charge in [-0.05, 0) is 19.1 Å². The van der Waals surface area contributed by atoms with Gasteiger partial charge in [-0.1, -0.05) is 35.5 Å². The molecule has 0 saturated carbocycles. The lowest BCUT2D eigenvalue weighted by Crippen LogP contribution is -2.50. The molecule has 1 unspecified atom stereocenters. The molecule has 0 radical (unpaired) electrons. The highest BCUT2D eigenvalue weighted by Gasteiger charge is 2.32. The molecule has 3 aromatic rings. The van der Waals surface area contributed by atoms with Gasteiger partial charge in [-0.2, -0.15) is 4.98 Å². The third-order valence-electron chi connectivity index (χ3n) is 5.06. The quantitative estimate of drug-likeness (QED) is 0.474. The van der Waals surface area contributed by atoms with E-state index in [1.807, 2.05) is 18.2 Å². The number of carbonyl (C=O) groups excluding carboxylic acids is 1. The smallest absolute Gasteiger partial charge is 0.273 e. The van der Waals surface area contributed by atoms with Gasteiger partial charge in [0.25, 0.3) is 17.5 Å². The number of hydrogen-bond acceptors (Lipinski definition) is 8. The van der Waals surface area contributed by atoms with Gasteiger partial charge in [0.15, 0.2) is 6.61 Å². The number of amides is 1. The van der Waals surface area contributed by atoms with Crippen molar-refractivity contribution in [3.05, 3.63) is 70.1 Å². The van der Waals surface area contributed by atoms with Gasteiger partial charge in [-0.15, -0.1) is 0 Å². The third kappa shape index (κ3) is 4.53. The van der Waals surface area contributed by atoms with Crippen molar-refractivity contribution in [1.29, 1.82) is 0 Å². The molecule has 0 aliphatic carbocycles. The molecule has 1 fully saturated rings. The van der Waals surface area contributed by atoms with Crippen LogP contribution in [0.4, 0.5) is 5.69 Å². The number of benzene rings is 2. The molecule has 1 N–H and O–H groups in total. The number of ether oxygens (including phenoxy) is 1. The molecule has 10 nitrogen and oxygen atoms in total. The SMILES string of the molecule is Cc1ccc(-c2noc(C3CNCCN3C(=O)COc3ccccc3)n2)cc1[N+](=O)[O-]. The number of aryl methyl sites for hydroxylation is 1. The lowest BCUT2D eigenvalue weighted by atomic mass is 10.1. The van der Waals surface area contributed by atoms with Crippen LogP contribution >= 0.6 is 0 Å². The summed E-state index contributed by atoms with van der Waals surface area (Å²) in [6, 6.07) is 13.4. The average Bonchev–Trinajstić information content (AvgIpc) is 3.28. The van der Waals surface area contributed by atoms with Crippen LogP contribution in [0.2, 0.25) is 0 Å². The second-order valence-corrected chi connectivity index (χ2v) is 7.12. The van der Waals surface area contributed by atoms with E-state index in [1.165, 1.54) is 6.07 Å². The molecule has 1 saturated heterocycles. The largest absolute Gasteiger partial charge is 0.484 e. The summed E-state index contributed by atoms with van der Waals surface area (Å²) in [7, 11) is 0. The predicted molar refractivity (Wildman–Crippen MR) is 110 cm³/mol. The maximum absolute atomic E-state index is 12.8. The lowest BCUT2D eigenvalue weighted by Gasteiger charge is -2.33. The number of nitrogens with zero attached hydrogens (tertiary/aromatic N) is 4. The van der Waals surface area contributed by atoms with Crippen LogP contribution in [0.15, 0.2) is 53.1 Å². The van der Waals surface area contributed by atoms with E-state index in [2.05, 4.69) is 15.5 Å². The highest BCUT2D eigenvalue weighted by atomic mass is 16.6. The highest BCUT2D eigenvalue weighted by molar-refractivity contribution is 5.78. The minimum Gasteiger partial charge on any atom is -0.484 e. The van der Waals surface area contributed by atoms with Crippen molar-refractivity contribution in [2.75, 3.05) is 26.2 Å². The van der Waals surface area contributed by atoms with Gasteiger partial charge < -0.3 is 19.5 Å². The van der Waals surface area contributed by atoms with E-state index in [9.17, 15) is 14.9 Å². The number of piperazine rings is 1. The summed E-state index contributed by atoms with van der Waals surface area (Å²) in [4.78, 5) is 29.6. The number of nitro groups is 1. The Balaban J connectivity index is 1.51. The fourth-order valence-electron chi connectivity index (χ4n) is 3.40. The second kappa shape index (κ2) is 8.92. The zero-order chi connectivity index (χ0) is 21.8. The summed E-state index contributed by atoms with van der Waals surface area (Å²) in [6.45, 7) is 3.12. The zero-order valence-electron chi connectivity index (χ0n) is 16.9. The van der Waals surface area contributed by atoms with Crippen molar-refractivity contribution in [1.82, 2.24) is 20.4 Å². The van der Waals surface area contributed by atoms with Gasteiger partial charge in [-0.3, -0.25) is 14.9 Å². The average molecular weight is 423 g/mol. The van der Waals surface area contributed by atoms with E-state index >= 15 is 0 Å². The summed E-state index contributed by atoms with van der Waals surface area (Å²) in [6.07, 6.45) is 0. The monoisotopic (exact) mass is 423 g/mol. The summed E-state index contributed by atoms with van der Waals surface area (Å²) in [5.41, 5.74) is 1.00. The Bertz CT molecular complexity index is 1080. The maximum atomic E-state index is 12.8. The van der Waals surface area contributed by atoms with E-state index in [1.54, 1.807) is 36.1 Å². The molecule has 1 aliphatic rings. The van der Waals surface area contributed by atoms with Crippen LogP contribution in [0.5, 0.6) is 5.75 Å². The fourth-order valence-corrected chi connectivity index (χ4v) is 3.40. The number of para-hydroxylation sites is 1. The molecule has 2 aromatic carbocycles. The minimum absolute atomic E-state index is 0.0157. The highest BCUT2D eigenvalue weighted by Crippen LogP contribution is 2.28. The first-order valence-electron chi connectivity index (χ1n) is 9.80. The first kappa shape index (κ1) is 20.5. The van der Waals surface area contributed by atoms with Crippen molar-refractivity contribution < 1.29 is 19.0 Å². The summed E-state index contributed by atoms with van der Waals surface area (Å²) in [5.74, 6) is 0.916. The molecule has 1 aromatic heterocycles. The number of hydrogen-bond donors (Lipinski definition) is 1. The van der Waals surface area contributed by atoms with Gasteiger partial charge in [-0.25, -0.2) is 0 Å². The van der Waals surface area contributed by atoms with Crippen molar-refractivity contribution in [3.63, 3.8) is 0 Å². The van der Waals surface area contributed by atoms with Crippen molar-refractivity contribution >= 4 is 11.6 Å². The van der Waals surface area contributed by atoms with Gasteiger partial charge >= 0.3 is 0 Å². The molecule has 1 amide bonds. The number of nitro benzene ring substituents is 1. The maximum Gasteiger partial charge on any atom is 0.273 e. The first-order chi connectivity index (χ1) is 15.0. The molecule has 1 atom stereocenters. The van der Waals surface area contributed by atoms with Crippen LogP contribution in [-0.4, -0.2) is 52.1 Å². The molecule has 31 heavy (non-hydrogen) atoms. The van der Waals surface area contributed by atoms with Crippen LogP contribution in [0.1, 0.15) is 17.5 Å². The van der Waals surface area contributed by atoms with Gasteiger partial charge in [0, 0.05) is 36.8 Å². The summed E-state index contributed by atoms with van der Waals surface area (Å²) >= 11 is 0. The van der Waals surface area contributed by atoms with E-state index in [-0.39, 0.29) is 29.9 Å². The molecule has 160 valence electrons. The van der Waals surface area contributed by atoms with Crippen LogP contribution in [-0.2, 0) is 4.79 Å². The number of nitrogens with one attached hydrogen (secondary N) is 1. The summed E-state index contributed by atoms with van der Waals surface area (Å²) < 4.78 is 11.0. The Morgan fingerprint density at radius 1 is 1.32 bits per heavy atom. The molecular weight excluding hydrogens is 402 g/mol. The van der Waals surface area contributed by atoms with Gasteiger partial charge in [0.05, 0.1) is 4.92 Å². The number of rotatable bonds is 6. The van der Waals surface area contributed by atoms with E-state index in [0.717, 1.165) is 0 Å². The molecular formula is C21H21N5O5. The molecule has 10 heteroatoms. The number of aromatic nitrogens is 2. The van der Waals surface area contributed by atoms with Crippen LogP contribution in [0.25, 0.3) is 11.4 Å². The first-order valence-corrected chi connectivity index (χ1v) is 9.80. The third-order valence-corrected chi connectivity index (χ3v) is 5.06. The Morgan fingerprint density at radius 3 is 2.90 bits per heavy atom. The van der Waals surface area contributed by atoms with E-state index in [0.29, 0.717) is 36.5 Å². The Labute approximate surface area is 178 Å². The standard InChI is InChI=1S/C21H21N5O5/c1-14-7-8-15(11-17(14)26(28)29)20-23-21(31-24-20)18-12-22-9-10-25(18)19(27)13-30-16-5-3-2-4-6-16/h2-8,11,18,22H,9-10,12-13H2,1H3. The normalized spacial score (nSPS) is 16.2. The number of carbonyl (C=O) groups is 1. The molecule has 0 spiro atoms. The van der Waals surface area contributed by atoms with Crippen molar-refractivity contribution in [3.8, 4) is 17.1 Å². The lowest BCUT2D eigenvalue weighted by molar-refractivity contribution is -0.385. The Hall–Kier alpha value is -3.79. The van der Waals surface area contributed by atoms with Crippen molar-refractivity contribution in [2.45, 2.75) is 13.0 Å². The molecule has 4 rings (SSSR count). The van der Waals surface area contributed by atoms with Crippen molar-refractivity contribution in [2.24, 2.45) is 0 Å². The molecule has 1 aliphatic heterocycles. The Kier molecular flexibility index (Phi) is 5.89. The van der Waals surface area contributed by atoms with Gasteiger partial charge in [0.1, 0.15) is 11.8 Å². The topological polar surface area (TPSA) is 124 Å². The van der Waals surface area contributed by atoms with Crippen LogP contribution in [0.3, 0.4) is 0 Å². The van der Waals surface area contributed by atoms with E-state index < -0.39 is 11.0 Å². The molecule has 0 bridgehead atoms.